The fourth-order valence-electron chi connectivity index (χ4n) is 2.31. The summed E-state index contributed by atoms with van der Waals surface area (Å²) in [4.78, 5) is 18.6. The lowest BCUT2D eigenvalue weighted by Crippen LogP contribution is -2.37. The zero-order chi connectivity index (χ0) is 12.8. The molecule has 0 aromatic carbocycles. The van der Waals surface area contributed by atoms with Gasteiger partial charge in [-0.25, -0.2) is 4.98 Å². The molecule has 4 heteroatoms. The highest BCUT2D eigenvalue weighted by atomic mass is 32.1. The smallest absolute Gasteiger partial charge is 0.226 e. The molecule has 0 saturated heterocycles. The normalized spacial score (nSPS) is 18.8. The molecule has 1 aliphatic carbocycles. The quantitative estimate of drug-likeness (QED) is 0.766. The van der Waals surface area contributed by atoms with E-state index in [2.05, 4.69) is 24.1 Å². The molecule has 1 aromatic heterocycles. The van der Waals surface area contributed by atoms with Gasteiger partial charge in [0.1, 0.15) is 0 Å². The van der Waals surface area contributed by atoms with Gasteiger partial charge in [0.15, 0.2) is 0 Å². The molecule has 0 bridgehead atoms. The average molecular weight is 264 g/mol. The third kappa shape index (κ3) is 3.42. The van der Waals surface area contributed by atoms with E-state index >= 15 is 0 Å². The molecule has 0 fully saturated rings. The van der Waals surface area contributed by atoms with Crippen molar-refractivity contribution in [3.63, 3.8) is 0 Å². The van der Waals surface area contributed by atoms with E-state index in [4.69, 9.17) is 0 Å². The van der Waals surface area contributed by atoms with Crippen LogP contribution in [0.5, 0.6) is 0 Å². The highest BCUT2D eigenvalue weighted by Gasteiger charge is 2.23. The topological polar surface area (TPSA) is 33.2 Å². The van der Waals surface area contributed by atoms with Gasteiger partial charge < -0.3 is 4.90 Å². The van der Waals surface area contributed by atoms with Crippen LogP contribution in [0.25, 0.3) is 0 Å². The maximum Gasteiger partial charge on any atom is 0.226 e. The van der Waals surface area contributed by atoms with Crippen LogP contribution in [0.4, 0.5) is 0 Å². The molecular formula is C14H20N2OS. The minimum Gasteiger partial charge on any atom is -0.342 e. The summed E-state index contributed by atoms with van der Waals surface area (Å²) in [7, 11) is 0. The first-order valence-corrected chi connectivity index (χ1v) is 7.51. The summed E-state index contributed by atoms with van der Waals surface area (Å²) in [5.41, 5.74) is 0. The lowest BCUT2D eigenvalue weighted by Gasteiger charge is -2.26. The zero-order valence-corrected chi connectivity index (χ0v) is 11.7. The molecule has 1 heterocycles. The van der Waals surface area contributed by atoms with Crippen molar-refractivity contribution in [1.29, 1.82) is 0 Å². The van der Waals surface area contributed by atoms with Gasteiger partial charge in [-0.15, -0.1) is 11.3 Å². The van der Waals surface area contributed by atoms with Crippen molar-refractivity contribution in [3.05, 3.63) is 28.7 Å². The lowest BCUT2D eigenvalue weighted by atomic mass is 9.93. The van der Waals surface area contributed by atoms with E-state index in [1.54, 1.807) is 11.3 Å². The number of likely N-dealkylation sites (N-methyl/N-ethyl adjacent to an activating group) is 1. The van der Waals surface area contributed by atoms with E-state index in [1.807, 2.05) is 16.5 Å². The fraction of sp³-hybridized carbons (Fsp3) is 0.571. The average Bonchev–Trinajstić information content (AvgIpc) is 2.93. The Bertz CT molecular complexity index is 400. The Morgan fingerprint density at radius 3 is 3.06 bits per heavy atom. The molecule has 3 nitrogen and oxygen atoms in total. The predicted molar refractivity (Wildman–Crippen MR) is 74.6 cm³/mol. The summed E-state index contributed by atoms with van der Waals surface area (Å²) < 4.78 is 0. The molecule has 0 aliphatic heterocycles. The minimum atomic E-state index is 0.200. The first-order chi connectivity index (χ1) is 8.81. The van der Waals surface area contributed by atoms with Gasteiger partial charge >= 0.3 is 0 Å². The van der Waals surface area contributed by atoms with E-state index in [9.17, 15) is 4.79 Å². The molecule has 1 aromatic rings. The van der Waals surface area contributed by atoms with Crippen LogP contribution >= 0.6 is 11.3 Å². The van der Waals surface area contributed by atoms with E-state index in [-0.39, 0.29) is 5.92 Å². The number of carbonyl (C=O) groups excluding carboxylic acids is 1. The van der Waals surface area contributed by atoms with Crippen LogP contribution in [0.1, 0.15) is 31.2 Å². The third-order valence-corrected chi connectivity index (χ3v) is 4.23. The van der Waals surface area contributed by atoms with E-state index in [0.717, 1.165) is 43.8 Å². The Morgan fingerprint density at radius 2 is 2.44 bits per heavy atom. The second-order valence-corrected chi connectivity index (χ2v) is 5.55. The second kappa shape index (κ2) is 6.69. The van der Waals surface area contributed by atoms with E-state index in [1.165, 1.54) is 0 Å². The minimum absolute atomic E-state index is 0.200. The summed E-state index contributed by atoms with van der Waals surface area (Å²) in [6, 6.07) is 0. The van der Waals surface area contributed by atoms with Crippen molar-refractivity contribution >= 4 is 17.2 Å². The summed E-state index contributed by atoms with van der Waals surface area (Å²) in [6.07, 6.45) is 9.97. The molecule has 0 radical (unpaired) electrons. The summed E-state index contributed by atoms with van der Waals surface area (Å²) in [6.45, 7) is 3.64. The zero-order valence-electron chi connectivity index (χ0n) is 10.8. The van der Waals surface area contributed by atoms with Gasteiger partial charge in [-0.3, -0.25) is 4.79 Å². The number of nitrogens with zero attached hydrogens (tertiary/aromatic N) is 2. The Kier molecular flexibility index (Phi) is 4.93. The van der Waals surface area contributed by atoms with Crippen LogP contribution in [0.15, 0.2) is 23.7 Å². The van der Waals surface area contributed by atoms with Crippen LogP contribution in [-0.4, -0.2) is 28.9 Å². The molecule has 1 atom stereocenters. The van der Waals surface area contributed by atoms with E-state index < -0.39 is 0 Å². The number of aromatic nitrogens is 1. The largest absolute Gasteiger partial charge is 0.342 e. The summed E-state index contributed by atoms with van der Waals surface area (Å²) in [5, 5.41) is 3.10. The number of rotatable bonds is 5. The van der Waals surface area contributed by atoms with Gasteiger partial charge in [-0.2, -0.15) is 0 Å². The van der Waals surface area contributed by atoms with Gasteiger partial charge in [0, 0.05) is 37.0 Å². The number of hydrogen-bond acceptors (Lipinski definition) is 3. The lowest BCUT2D eigenvalue weighted by molar-refractivity contribution is -0.135. The predicted octanol–water partition coefficient (Wildman–Crippen LogP) is 2.89. The molecule has 1 amide bonds. The summed E-state index contributed by atoms with van der Waals surface area (Å²) >= 11 is 1.66. The fourth-order valence-corrected chi connectivity index (χ4v) is 2.92. The van der Waals surface area contributed by atoms with Gasteiger partial charge in [0.05, 0.1) is 5.01 Å². The highest BCUT2D eigenvalue weighted by molar-refractivity contribution is 7.09. The van der Waals surface area contributed by atoms with Crippen LogP contribution in [0.3, 0.4) is 0 Å². The Hall–Kier alpha value is -1.16. The standard InChI is InChI=1S/C14H20N2OS/c1-2-16(10-8-13-15-9-11-18-13)14(17)12-6-4-3-5-7-12/h3-4,9,11-12H,2,5-8,10H2,1H3. The molecule has 18 heavy (non-hydrogen) atoms. The van der Waals surface area contributed by atoms with Crippen LogP contribution in [0.2, 0.25) is 0 Å². The van der Waals surface area contributed by atoms with Gasteiger partial charge in [0.25, 0.3) is 0 Å². The van der Waals surface area contributed by atoms with Crippen molar-refractivity contribution in [2.45, 2.75) is 32.6 Å². The van der Waals surface area contributed by atoms with Crippen molar-refractivity contribution in [3.8, 4) is 0 Å². The molecule has 98 valence electrons. The maximum atomic E-state index is 12.4. The van der Waals surface area contributed by atoms with Crippen LogP contribution in [-0.2, 0) is 11.2 Å². The molecular weight excluding hydrogens is 244 g/mol. The summed E-state index contributed by atoms with van der Waals surface area (Å²) in [5.74, 6) is 0.518. The van der Waals surface area contributed by atoms with Gasteiger partial charge in [0.2, 0.25) is 5.91 Å². The number of allylic oxidation sites excluding steroid dienone is 2. The third-order valence-electron chi connectivity index (χ3n) is 3.39. The van der Waals surface area contributed by atoms with Crippen LogP contribution in [0, 0.1) is 5.92 Å². The Morgan fingerprint density at radius 1 is 1.56 bits per heavy atom. The number of thiazole rings is 1. The first kappa shape index (κ1) is 13.3. The van der Waals surface area contributed by atoms with Crippen molar-refractivity contribution in [2.75, 3.05) is 13.1 Å². The van der Waals surface area contributed by atoms with Crippen molar-refractivity contribution in [1.82, 2.24) is 9.88 Å². The monoisotopic (exact) mass is 264 g/mol. The molecule has 1 unspecified atom stereocenters. The maximum absolute atomic E-state index is 12.4. The SMILES string of the molecule is CCN(CCc1nccs1)C(=O)C1CC=CCC1. The first-order valence-electron chi connectivity index (χ1n) is 6.63. The second-order valence-electron chi connectivity index (χ2n) is 4.58. The molecule has 0 spiro atoms. The van der Waals surface area contributed by atoms with E-state index in [0.29, 0.717) is 5.91 Å². The van der Waals surface area contributed by atoms with Crippen molar-refractivity contribution < 1.29 is 4.79 Å². The molecule has 2 rings (SSSR count). The number of amides is 1. The number of carbonyl (C=O) groups is 1. The Balaban J connectivity index is 1.87. The molecule has 0 saturated carbocycles. The number of hydrogen-bond donors (Lipinski definition) is 0. The van der Waals surface area contributed by atoms with Gasteiger partial charge in [-0.1, -0.05) is 12.2 Å². The highest BCUT2D eigenvalue weighted by Crippen LogP contribution is 2.20. The van der Waals surface area contributed by atoms with Crippen LogP contribution < -0.4 is 0 Å². The molecule has 0 N–H and O–H groups in total. The van der Waals surface area contributed by atoms with Gasteiger partial charge in [-0.05, 0) is 26.2 Å². The Labute approximate surface area is 113 Å². The van der Waals surface area contributed by atoms with Crippen molar-refractivity contribution in [2.24, 2.45) is 5.92 Å². The molecule has 1 aliphatic rings.